The highest BCUT2D eigenvalue weighted by molar-refractivity contribution is 6.10. The van der Waals surface area contributed by atoms with Crippen LogP contribution in [0.1, 0.15) is 0 Å². The van der Waals surface area contributed by atoms with Gasteiger partial charge >= 0.3 is 0 Å². The molecule has 0 N–H and O–H groups in total. The van der Waals surface area contributed by atoms with Gasteiger partial charge in [0.05, 0.1) is 33.5 Å². The topological polar surface area (TPSA) is 22.8 Å². The molecular formula is C53H35N3. The summed E-state index contributed by atoms with van der Waals surface area (Å²) < 4.78 is 4.74. The molecule has 262 valence electrons. The van der Waals surface area contributed by atoms with Gasteiger partial charge in [0, 0.05) is 44.0 Å². The largest absolute Gasteiger partial charge is 0.309 e. The molecule has 11 rings (SSSR count). The molecular weight excluding hydrogens is 679 g/mol. The highest BCUT2D eigenvalue weighted by atomic mass is 15.0. The minimum atomic E-state index is 0.925. The lowest BCUT2D eigenvalue weighted by atomic mass is 9.97. The molecule has 0 fully saturated rings. The summed E-state index contributed by atoms with van der Waals surface area (Å²) in [5.74, 6) is 0. The van der Waals surface area contributed by atoms with Gasteiger partial charge in [-0.2, -0.15) is 0 Å². The third-order valence-electron chi connectivity index (χ3n) is 11.1. The molecule has 0 aliphatic carbocycles. The van der Waals surface area contributed by atoms with E-state index < -0.39 is 0 Å². The number of aromatic nitrogens is 3. The van der Waals surface area contributed by atoms with Crippen molar-refractivity contribution in [1.82, 2.24) is 14.1 Å². The summed E-state index contributed by atoms with van der Waals surface area (Å²) in [5.41, 5.74) is 15.6. The Morgan fingerprint density at radius 2 is 0.589 bits per heavy atom. The van der Waals surface area contributed by atoms with Gasteiger partial charge in [-0.3, -0.25) is 0 Å². The maximum absolute atomic E-state index is 5.44. The van der Waals surface area contributed by atoms with Crippen LogP contribution < -0.4 is 0 Å². The second-order valence-corrected chi connectivity index (χ2v) is 14.4. The molecule has 11 aromatic rings. The molecule has 0 radical (unpaired) electrons. The van der Waals surface area contributed by atoms with Crippen LogP contribution in [0.3, 0.4) is 0 Å². The highest BCUT2D eigenvalue weighted by Gasteiger charge is 2.16. The fourth-order valence-electron chi connectivity index (χ4n) is 8.49. The lowest BCUT2D eigenvalue weighted by Gasteiger charge is -2.14. The second-order valence-electron chi connectivity index (χ2n) is 14.4. The Balaban J connectivity index is 1.09. The normalized spacial score (nSPS) is 11.6. The molecule has 3 heteroatoms. The molecule has 0 spiro atoms. The molecule has 0 saturated heterocycles. The molecule has 0 atom stereocenters. The van der Waals surface area contributed by atoms with E-state index in [2.05, 4.69) is 221 Å². The zero-order valence-corrected chi connectivity index (χ0v) is 30.5. The van der Waals surface area contributed by atoms with Crippen LogP contribution in [0, 0.1) is 0 Å². The third-order valence-corrected chi connectivity index (χ3v) is 11.1. The van der Waals surface area contributed by atoms with E-state index in [-0.39, 0.29) is 0 Å². The molecule has 0 unspecified atom stereocenters. The summed E-state index contributed by atoms with van der Waals surface area (Å²) in [6, 6.07) is 76.2. The number of hydrogen-bond donors (Lipinski definition) is 0. The van der Waals surface area contributed by atoms with Crippen molar-refractivity contribution in [2.24, 2.45) is 0 Å². The maximum Gasteiger partial charge on any atom is 0.0716 e. The fourth-order valence-corrected chi connectivity index (χ4v) is 8.49. The first-order valence-corrected chi connectivity index (χ1v) is 19.1. The van der Waals surface area contributed by atoms with E-state index >= 15 is 0 Å². The van der Waals surface area contributed by atoms with Gasteiger partial charge < -0.3 is 9.13 Å². The lowest BCUT2D eigenvalue weighted by molar-refractivity contribution is 1.17. The minimum absolute atomic E-state index is 0.925. The molecule has 3 nitrogen and oxygen atoms in total. The van der Waals surface area contributed by atoms with E-state index in [4.69, 9.17) is 4.98 Å². The van der Waals surface area contributed by atoms with Crippen LogP contribution in [0.2, 0.25) is 0 Å². The Bertz CT molecular complexity index is 2960. The number of para-hydroxylation sites is 4. The van der Waals surface area contributed by atoms with Gasteiger partial charge in [-0.05, 0) is 82.9 Å². The first-order chi connectivity index (χ1) is 27.8. The molecule has 0 amide bonds. The van der Waals surface area contributed by atoms with E-state index in [1.807, 2.05) is 0 Å². The standard InChI is InChI=1S/C53H35N3/c1-2-14-36(15-3-1)37-28-30-38(31-29-37)41-34-48(39-16-12-18-42(32-39)55-50-24-8-4-20-44(50)45-21-5-9-25-51(45)55)54-49(35-41)40-17-13-19-43(33-40)56-52-26-10-6-22-46(52)47-23-7-11-27-53(47)56/h1-35H. The molecule has 0 aliphatic rings. The predicted molar refractivity (Wildman–Crippen MR) is 235 cm³/mol. The highest BCUT2D eigenvalue weighted by Crippen LogP contribution is 2.37. The predicted octanol–water partition coefficient (Wildman–Crippen LogP) is 13.9. The minimum Gasteiger partial charge on any atom is -0.309 e. The summed E-state index contributed by atoms with van der Waals surface area (Å²) in [7, 11) is 0. The van der Waals surface area contributed by atoms with Gasteiger partial charge in [0.25, 0.3) is 0 Å². The van der Waals surface area contributed by atoms with Crippen LogP contribution in [0.15, 0.2) is 212 Å². The van der Waals surface area contributed by atoms with E-state index in [1.165, 1.54) is 54.7 Å². The van der Waals surface area contributed by atoms with Crippen LogP contribution in [-0.4, -0.2) is 14.1 Å². The maximum atomic E-state index is 5.44. The van der Waals surface area contributed by atoms with E-state index in [0.717, 1.165) is 45.0 Å². The van der Waals surface area contributed by atoms with Crippen LogP contribution in [0.4, 0.5) is 0 Å². The van der Waals surface area contributed by atoms with Crippen molar-refractivity contribution in [1.29, 1.82) is 0 Å². The third kappa shape index (κ3) is 5.32. The molecule has 8 aromatic carbocycles. The summed E-state index contributed by atoms with van der Waals surface area (Å²) in [4.78, 5) is 5.44. The monoisotopic (exact) mass is 713 g/mol. The summed E-state index contributed by atoms with van der Waals surface area (Å²) in [5, 5.41) is 4.99. The van der Waals surface area contributed by atoms with Gasteiger partial charge in [-0.15, -0.1) is 0 Å². The van der Waals surface area contributed by atoms with Crippen molar-refractivity contribution < 1.29 is 0 Å². The Labute approximate surface area is 325 Å². The van der Waals surface area contributed by atoms with E-state index in [9.17, 15) is 0 Å². The molecule has 0 bridgehead atoms. The van der Waals surface area contributed by atoms with E-state index in [0.29, 0.717) is 0 Å². The number of benzene rings is 8. The van der Waals surface area contributed by atoms with Crippen LogP contribution >= 0.6 is 0 Å². The van der Waals surface area contributed by atoms with Gasteiger partial charge in [0.2, 0.25) is 0 Å². The van der Waals surface area contributed by atoms with Gasteiger partial charge in [-0.1, -0.05) is 152 Å². The SMILES string of the molecule is c1ccc(-c2ccc(-c3cc(-c4cccc(-n5c6ccccc6c6ccccc65)c4)nc(-c4cccc(-n5c6ccccc6c6ccccc65)c4)c3)cc2)cc1. The number of fused-ring (bicyclic) bond motifs is 6. The zero-order valence-electron chi connectivity index (χ0n) is 30.5. The van der Waals surface area contributed by atoms with Crippen molar-refractivity contribution >= 4 is 43.6 Å². The average molecular weight is 714 g/mol. The van der Waals surface area contributed by atoms with Gasteiger partial charge in [0.15, 0.2) is 0 Å². The summed E-state index contributed by atoms with van der Waals surface area (Å²) >= 11 is 0. The average Bonchev–Trinajstić information content (AvgIpc) is 3.80. The Kier molecular flexibility index (Phi) is 7.49. The number of rotatable bonds is 6. The smallest absolute Gasteiger partial charge is 0.0716 e. The molecule has 0 aliphatic heterocycles. The second kappa shape index (κ2) is 13.1. The number of pyridine rings is 1. The van der Waals surface area contributed by atoms with E-state index in [1.54, 1.807) is 0 Å². The molecule has 3 heterocycles. The Hall–Kier alpha value is -7.49. The Morgan fingerprint density at radius 1 is 0.250 bits per heavy atom. The van der Waals surface area contributed by atoms with Crippen molar-refractivity contribution in [3.8, 4) is 56.1 Å². The van der Waals surface area contributed by atoms with Crippen molar-refractivity contribution in [2.45, 2.75) is 0 Å². The molecule has 56 heavy (non-hydrogen) atoms. The summed E-state index contributed by atoms with van der Waals surface area (Å²) in [6.45, 7) is 0. The van der Waals surface area contributed by atoms with Gasteiger partial charge in [0.1, 0.15) is 0 Å². The quantitative estimate of drug-likeness (QED) is 0.168. The zero-order chi connectivity index (χ0) is 37.0. The van der Waals surface area contributed by atoms with Crippen molar-refractivity contribution in [3.05, 3.63) is 212 Å². The lowest BCUT2D eigenvalue weighted by Crippen LogP contribution is -1.97. The summed E-state index contributed by atoms with van der Waals surface area (Å²) in [6.07, 6.45) is 0. The number of hydrogen-bond acceptors (Lipinski definition) is 1. The molecule has 0 saturated carbocycles. The van der Waals surface area contributed by atoms with Crippen LogP contribution in [0.25, 0.3) is 99.8 Å². The Morgan fingerprint density at radius 3 is 1.02 bits per heavy atom. The van der Waals surface area contributed by atoms with Crippen LogP contribution in [0.5, 0.6) is 0 Å². The molecule has 3 aromatic heterocycles. The van der Waals surface area contributed by atoms with Crippen molar-refractivity contribution in [3.63, 3.8) is 0 Å². The first-order valence-electron chi connectivity index (χ1n) is 19.1. The van der Waals surface area contributed by atoms with Crippen molar-refractivity contribution in [2.75, 3.05) is 0 Å². The first kappa shape index (κ1) is 32.0. The van der Waals surface area contributed by atoms with Gasteiger partial charge in [-0.25, -0.2) is 4.98 Å². The number of nitrogens with zero attached hydrogens (tertiary/aromatic N) is 3. The van der Waals surface area contributed by atoms with Crippen LogP contribution in [-0.2, 0) is 0 Å². The fraction of sp³-hybridized carbons (Fsp3) is 0.